The van der Waals surface area contributed by atoms with E-state index < -0.39 is 29.6 Å². The van der Waals surface area contributed by atoms with Crippen LogP contribution in [0.4, 0.5) is 13.2 Å². The summed E-state index contributed by atoms with van der Waals surface area (Å²) in [6, 6.07) is 0.240. The van der Waals surface area contributed by atoms with Gasteiger partial charge in [-0.05, 0) is 13.0 Å². The second-order valence-corrected chi connectivity index (χ2v) is 3.09. The van der Waals surface area contributed by atoms with Gasteiger partial charge in [-0.15, -0.1) is 0 Å². The van der Waals surface area contributed by atoms with Crippen LogP contribution in [0.25, 0.3) is 0 Å². The Morgan fingerprint density at radius 2 is 1.64 bits per heavy atom. The number of rotatable bonds is 2. The van der Waals surface area contributed by atoms with Crippen LogP contribution in [0.15, 0.2) is 12.1 Å². The summed E-state index contributed by atoms with van der Waals surface area (Å²) >= 11 is 0. The van der Waals surface area contributed by atoms with E-state index in [-0.39, 0.29) is 5.56 Å². The van der Waals surface area contributed by atoms with Gasteiger partial charge >= 0.3 is 0 Å². The first-order chi connectivity index (χ1) is 6.43. The molecule has 0 aliphatic carbocycles. The molecule has 0 fully saturated rings. The average Bonchev–Trinajstić information content (AvgIpc) is 2.10. The number of aliphatic hydroxyl groups is 1. The summed E-state index contributed by atoms with van der Waals surface area (Å²) in [5.41, 5.74) is 4.96. The smallest absolute Gasteiger partial charge is 0.161 e. The second-order valence-electron chi connectivity index (χ2n) is 3.09. The molecular weight excluding hydrogens is 195 g/mol. The Labute approximate surface area is 79.2 Å². The minimum absolute atomic E-state index is 0.334. The summed E-state index contributed by atoms with van der Waals surface area (Å²) < 4.78 is 38.2. The first-order valence-electron chi connectivity index (χ1n) is 4.01. The quantitative estimate of drug-likeness (QED) is 0.718. The van der Waals surface area contributed by atoms with Crippen molar-refractivity contribution >= 4 is 0 Å². The van der Waals surface area contributed by atoms with Crippen LogP contribution in [-0.2, 0) is 0 Å². The highest BCUT2D eigenvalue weighted by atomic mass is 19.2. The second kappa shape index (κ2) is 3.98. The molecule has 0 heterocycles. The minimum atomic E-state index is -1.34. The van der Waals surface area contributed by atoms with Crippen molar-refractivity contribution in [3.8, 4) is 0 Å². The van der Waals surface area contributed by atoms with E-state index in [9.17, 15) is 18.3 Å². The van der Waals surface area contributed by atoms with Crippen LogP contribution in [0, 0.1) is 17.5 Å². The fourth-order valence-corrected chi connectivity index (χ4v) is 1.05. The third kappa shape index (κ3) is 2.05. The molecule has 1 rings (SSSR count). The van der Waals surface area contributed by atoms with Crippen molar-refractivity contribution in [2.45, 2.75) is 19.1 Å². The van der Waals surface area contributed by atoms with Crippen molar-refractivity contribution in [2.24, 2.45) is 5.73 Å². The molecule has 0 aromatic heterocycles. The summed E-state index contributed by atoms with van der Waals surface area (Å²) in [5, 5.41) is 9.34. The molecule has 14 heavy (non-hydrogen) atoms. The molecule has 1 aromatic rings. The Hall–Kier alpha value is -1.07. The van der Waals surface area contributed by atoms with Crippen molar-refractivity contribution < 1.29 is 18.3 Å². The van der Waals surface area contributed by atoms with Crippen molar-refractivity contribution in [1.82, 2.24) is 0 Å². The van der Waals surface area contributed by atoms with E-state index >= 15 is 0 Å². The summed E-state index contributed by atoms with van der Waals surface area (Å²) in [5.74, 6) is -3.50. The molecule has 0 saturated heterocycles. The van der Waals surface area contributed by atoms with Gasteiger partial charge in [-0.1, -0.05) is 0 Å². The minimum Gasteiger partial charge on any atom is -0.387 e. The molecule has 0 aliphatic heterocycles. The maximum absolute atomic E-state index is 13.0. The maximum Gasteiger partial charge on any atom is 0.161 e. The van der Waals surface area contributed by atoms with Gasteiger partial charge in [0.25, 0.3) is 0 Å². The maximum atomic E-state index is 13.0. The topological polar surface area (TPSA) is 46.2 Å². The van der Waals surface area contributed by atoms with Gasteiger partial charge in [-0.25, -0.2) is 13.2 Å². The Morgan fingerprint density at radius 3 is 2.14 bits per heavy atom. The van der Waals surface area contributed by atoms with Crippen LogP contribution >= 0.6 is 0 Å². The highest BCUT2D eigenvalue weighted by Crippen LogP contribution is 2.21. The van der Waals surface area contributed by atoms with Gasteiger partial charge in [-0.3, -0.25) is 0 Å². The molecule has 5 heteroatoms. The Morgan fingerprint density at radius 1 is 1.14 bits per heavy atom. The third-order valence-corrected chi connectivity index (χ3v) is 1.86. The van der Waals surface area contributed by atoms with Gasteiger partial charge < -0.3 is 10.8 Å². The number of hydrogen-bond donors (Lipinski definition) is 2. The van der Waals surface area contributed by atoms with E-state index in [0.29, 0.717) is 12.1 Å². The van der Waals surface area contributed by atoms with E-state index in [0.717, 1.165) is 0 Å². The van der Waals surface area contributed by atoms with Crippen molar-refractivity contribution in [3.05, 3.63) is 35.1 Å². The van der Waals surface area contributed by atoms with Crippen LogP contribution in [0.2, 0.25) is 0 Å². The molecule has 0 bridgehead atoms. The van der Waals surface area contributed by atoms with Crippen LogP contribution in [-0.4, -0.2) is 11.1 Å². The molecule has 78 valence electrons. The zero-order chi connectivity index (χ0) is 10.9. The van der Waals surface area contributed by atoms with E-state index in [1.54, 1.807) is 0 Å². The molecule has 0 radical (unpaired) electrons. The summed E-state index contributed by atoms with van der Waals surface area (Å²) in [6.45, 7) is 1.44. The van der Waals surface area contributed by atoms with Gasteiger partial charge in [0.15, 0.2) is 11.6 Å². The highest BCUT2D eigenvalue weighted by Gasteiger charge is 2.19. The zero-order valence-electron chi connectivity index (χ0n) is 7.47. The van der Waals surface area contributed by atoms with Crippen molar-refractivity contribution in [2.75, 3.05) is 0 Å². The van der Waals surface area contributed by atoms with Gasteiger partial charge in [0.2, 0.25) is 0 Å². The van der Waals surface area contributed by atoms with Crippen LogP contribution in [0.1, 0.15) is 18.6 Å². The Kier molecular flexibility index (Phi) is 3.13. The summed E-state index contributed by atoms with van der Waals surface area (Å²) in [7, 11) is 0. The van der Waals surface area contributed by atoms with Crippen molar-refractivity contribution in [1.29, 1.82) is 0 Å². The molecule has 0 saturated carbocycles. The van der Waals surface area contributed by atoms with E-state index in [2.05, 4.69) is 0 Å². The van der Waals surface area contributed by atoms with E-state index in [1.807, 2.05) is 0 Å². The number of nitrogens with two attached hydrogens (primary N) is 1. The molecule has 2 atom stereocenters. The first-order valence-corrected chi connectivity index (χ1v) is 4.01. The monoisotopic (exact) mass is 205 g/mol. The van der Waals surface area contributed by atoms with Gasteiger partial charge in [0, 0.05) is 17.7 Å². The van der Waals surface area contributed by atoms with Crippen LogP contribution in [0.5, 0.6) is 0 Å². The Bertz CT molecular complexity index is 341. The van der Waals surface area contributed by atoms with E-state index in [4.69, 9.17) is 5.73 Å². The molecule has 0 spiro atoms. The molecule has 2 nitrogen and oxygen atoms in total. The first kappa shape index (κ1) is 11.0. The fourth-order valence-electron chi connectivity index (χ4n) is 1.05. The molecule has 0 amide bonds. The fraction of sp³-hybridized carbons (Fsp3) is 0.333. The number of hydrogen-bond acceptors (Lipinski definition) is 2. The van der Waals surface area contributed by atoms with E-state index in [1.165, 1.54) is 6.92 Å². The molecule has 3 N–H and O–H groups in total. The van der Waals surface area contributed by atoms with Gasteiger partial charge in [-0.2, -0.15) is 0 Å². The summed E-state index contributed by atoms with van der Waals surface area (Å²) in [4.78, 5) is 0. The normalized spacial score (nSPS) is 15.3. The third-order valence-electron chi connectivity index (χ3n) is 1.86. The van der Waals surface area contributed by atoms with Crippen LogP contribution < -0.4 is 5.73 Å². The lowest BCUT2D eigenvalue weighted by molar-refractivity contribution is 0.148. The lowest BCUT2D eigenvalue weighted by Crippen LogP contribution is -2.25. The zero-order valence-corrected chi connectivity index (χ0v) is 7.47. The molecular formula is C9H10F3NO. The summed E-state index contributed by atoms with van der Waals surface area (Å²) in [6.07, 6.45) is -1.34. The molecule has 1 aromatic carbocycles. The van der Waals surface area contributed by atoms with Gasteiger partial charge in [0.1, 0.15) is 5.82 Å². The number of aliphatic hydroxyl groups excluding tert-OH is 1. The lowest BCUT2D eigenvalue weighted by Gasteiger charge is -2.15. The largest absolute Gasteiger partial charge is 0.387 e. The molecule has 2 unspecified atom stereocenters. The standard InChI is InChI=1S/C9H10F3NO/c1-4(13)9(14)5-2-7(11)8(12)3-6(5)10/h2-4,9,14H,13H2,1H3. The predicted molar refractivity (Wildman–Crippen MR) is 44.9 cm³/mol. The average molecular weight is 205 g/mol. The number of benzene rings is 1. The van der Waals surface area contributed by atoms with Crippen LogP contribution in [0.3, 0.4) is 0 Å². The van der Waals surface area contributed by atoms with Crippen molar-refractivity contribution in [3.63, 3.8) is 0 Å². The Balaban J connectivity index is 3.15. The SMILES string of the molecule is CC(N)C(O)c1cc(F)c(F)cc1F. The molecule has 0 aliphatic rings. The predicted octanol–water partition coefficient (Wildman–Crippen LogP) is 1.48. The number of halogens is 3. The highest BCUT2D eigenvalue weighted by molar-refractivity contribution is 5.23. The van der Waals surface area contributed by atoms with Gasteiger partial charge in [0.05, 0.1) is 6.10 Å². The lowest BCUT2D eigenvalue weighted by atomic mass is 10.0.